The highest BCUT2D eigenvalue weighted by molar-refractivity contribution is 5.80. The van der Waals surface area contributed by atoms with E-state index in [9.17, 15) is 5.11 Å². The van der Waals surface area contributed by atoms with Gasteiger partial charge in [0.25, 0.3) is 0 Å². The standard InChI is InChI=1S/C24H27NO/c1-15-19-11-12-23(2)20-14-18(26)9-8-16(20)10-13-24(23,22(19)25)21(15)17-6-4-3-5-7-17/h3-9,14,19,22,26H,10-13,25H2,1-2H3/t19-,22-,23+,24+/m1/s1. The minimum Gasteiger partial charge on any atom is -0.508 e. The average molecular weight is 345 g/mol. The maximum absolute atomic E-state index is 10.2. The molecule has 5 rings (SSSR count). The number of aromatic hydroxyl groups is 1. The zero-order valence-electron chi connectivity index (χ0n) is 15.6. The van der Waals surface area contributed by atoms with Crippen LogP contribution in [0.1, 0.15) is 49.8 Å². The van der Waals surface area contributed by atoms with E-state index in [-0.39, 0.29) is 16.9 Å². The number of nitrogens with two attached hydrogens (primary N) is 1. The lowest BCUT2D eigenvalue weighted by atomic mass is 9.46. The maximum Gasteiger partial charge on any atom is 0.115 e. The van der Waals surface area contributed by atoms with Crippen molar-refractivity contribution >= 4 is 5.57 Å². The molecule has 2 aromatic rings. The second kappa shape index (κ2) is 5.23. The molecule has 26 heavy (non-hydrogen) atoms. The summed E-state index contributed by atoms with van der Waals surface area (Å²) in [6.45, 7) is 4.72. The fourth-order valence-electron chi connectivity index (χ4n) is 6.68. The Hall–Kier alpha value is -2.06. The van der Waals surface area contributed by atoms with E-state index in [4.69, 9.17) is 5.73 Å². The molecular formula is C24H27NO. The molecule has 1 saturated carbocycles. The number of aryl methyl sites for hydroxylation is 1. The number of phenolic OH excluding ortho intramolecular Hbond substituents is 1. The van der Waals surface area contributed by atoms with Gasteiger partial charge in [0.2, 0.25) is 0 Å². The molecule has 1 fully saturated rings. The Morgan fingerprint density at radius 1 is 1.08 bits per heavy atom. The summed E-state index contributed by atoms with van der Waals surface area (Å²) in [4.78, 5) is 0. The zero-order valence-corrected chi connectivity index (χ0v) is 15.6. The lowest BCUT2D eigenvalue weighted by Gasteiger charge is -2.58. The molecule has 2 bridgehead atoms. The van der Waals surface area contributed by atoms with Crippen LogP contribution >= 0.6 is 0 Å². The second-order valence-electron chi connectivity index (χ2n) is 8.74. The summed E-state index contributed by atoms with van der Waals surface area (Å²) in [7, 11) is 0. The van der Waals surface area contributed by atoms with Gasteiger partial charge in [-0.15, -0.1) is 0 Å². The zero-order chi connectivity index (χ0) is 18.1. The summed E-state index contributed by atoms with van der Waals surface area (Å²) in [6, 6.07) is 17.0. The Labute approximate surface area is 155 Å². The Balaban J connectivity index is 1.80. The maximum atomic E-state index is 10.2. The van der Waals surface area contributed by atoms with E-state index in [0.29, 0.717) is 11.7 Å². The predicted molar refractivity (Wildman–Crippen MR) is 106 cm³/mol. The van der Waals surface area contributed by atoms with Gasteiger partial charge in [-0.3, -0.25) is 0 Å². The average Bonchev–Trinajstić information content (AvgIpc) is 2.78. The summed E-state index contributed by atoms with van der Waals surface area (Å²) < 4.78 is 0. The SMILES string of the molecule is CC1=C(c2ccccc2)[C@]23CCc4ccc(O)cc4[C@]2(C)CC[C@H]1[C@H]3N. The minimum absolute atomic E-state index is 0.0296. The van der Waals surface area contributed by atoms with Crippen molar-refractivity contribution in [1.82, 2.24) is 0 Å². The summed E-state index contributed by atoms with van der Waals surface area (Å²) in [5, 5.41) is 10.2. The van der Waals surface area contributed by atoms with Gasteiger partial charge in [0.1, 0.15) is 5.75 Å². The summed E-state index contributed by atoms with van der Waals surface area (Å²) in [5.74, 6) is 0.856. The van der Waals surface area contributed by atoms with Crippen molar-refractivity contribution < 1.29 is 5.11 Å². The van der Waals surface area contributed by atoms with Gasteiger partial charge in [-0.05, 0) is 72.9 Å². The highest BCUT2D eigenvalue weighted by Crippen LogP contribution is 2.69. The largest absolute Gasteiger partial charge is 0.508 e. The third-order valence-electron chi connectivity index (χ3n) is 7.88. The highest BCUT2D eigenvalue weighted by atomic mass is 16.3. The Kier molecular flexibility index (Phi) is 3.25. The van der Waals surface area contributed by atoms with Crippen LogP contribution in [0, 0.1) is 11.3 Å². The van der Waals surface area contributed by atoms with Crippen LogP contribution < -0.4 is 5.73 Å². The van der Waals surface area contributed by atoms with Gasteiger partial charge in [-0.25, -0.2) is 0 Å². The van der Waals surface area contributed by atoms with Gasteiger partial charge in [0.15, 0.2) is 0 Å². The number of fused-ring (bicyclic) bond motifs is 3. The second-order valence-corrected chi connectivity index (χ2v) is 8.74. The molecule has 2 aromatic carbocycles. The topological polar surface area (TPSA) is 46.2 Å². The van der Waals surface area contributed by atoms with Gasteiger partial charge >= 0.3 is 0 Å². The molecule has 0 saturated heterocycles. The predicted octanol–water partition coefficient (Wildman–Crippen LogP) is 4.81. The molecule has 2 nitrogen and oxygen atoms in total. The first kappa shape index (κ1) is 16.1. The lowest BCUT2D eigenvalue weighted by molar-refractivity contribution is 0.0736. The molecule has 0 unspecified atom stereocenters. The van der Waals surface area contributed by atoms with Crippen molar-refractivity contribution in [2.24, 2.45) is 17.1 Å². The van der Waals surface area contributed by atoms with Crippen LogP contribution in [0.2, 0.25) is 0 Å². The van der Waals surface area contributed by atoms with Crippen LogP contribution in [-0.2, 0) is 11.8 Å². The smallest absolute Gasteiger partial charge is 0.115 e. The van der Waals surface area contributed by atoms with Gasteiger partial charge in [-0.2, -0.15) is 0 Å². The van der Waals surface area contributed by atoms with Crippen molar-refractivity contribution in [2.45, 2.75) is 51.0 Å². The van der Waals surface area contributed by atoms with E-state index in [0.717, 1.165) is 25.7 Å². The molecule has 0 radical (unpaired) electrons. The Morgan fingerprint density at radius 3 is 2.62 bits per heavy atom. The third-order valence-corrected chi connectivity index (χ3v) is 7.88. The number of benzene rings is 2. The molecule has 3 aliphatic rings. The van der Waals surface area contributed by atoms with E-state index < -0.39 is 0 Å². The van der Waals surface area contributed by atoms with Crippen LogP contribution in [0.4, 0.5) is 0 Å². The van der Waals surface area contributed by atoms with Crippen molar-refractivity contribution in [3.63, 3.8) is 0 Å². The van der Waals surface area contributed by atoms with E-state index in [2.05, 4.69) is 50.2 Å². The van der Waals surface area contributed by atoms with Crippen LogP contribution in [0.5, 0.6) is 5.75 Å². The third kappa shape index (κ3) is 1.76. The van der Waals surface area contributed by atoms with Crippen LogP contribution in [0.15, 0.2) is 54.1 Å². The number of rotatable bonds is 1. The van der Waals surface area contributed by atoms with E-state index in [1.54, 1.807) is 0 Å². The number of phenols is 1. The minimum atomic E-state index is -0.0395. The van der Waals surface area contributed by atoms with Crippen LogP contribution in [0.25, 0.3) is 5.57 Å². The monoisotopic (exact) mass is 345 g/mol. The molecule has 4 atom stereocenters. The number of hydrogen-bond acceptors (Lipinski definition) is 2. The van der Waals surface area contributed by atoms with E-state index >= 15 is 0 Å². The number of hydrogen-bond donors (Lipinski definition) is 2. The Morgan fingerprint density at radius 2 is 1.85 bits per heavy atom. The molecule has 0 aromatic heterocycles. The molecule has 3 aliphatic carbocycles. The van der Waals surface area contributed by atoms with Gasteiger partial charge in [0.05, 0.1) is 0 Å². The fraction of sp³-hybridized carbons (Fsp3) is 0.417. The first-order chi connectivity index (χ1) is 12.5. The Bertz CT molecular complexity index is 915. The molecule has 1 spiro atoms. The molecule has 0 heterocycles. The molecule has 3 N–H and O–H groups in total. The van der Waals surface area contributed by atoms with Crippen molar-refractivity contribution in [3.8, 4) is 5.75 Å². The summed E-state index contributed by atoms with van der Waals surface area (Å²) in [6.07, 6.45) is 4.40. The van der Waals surface area contributed by atoms with Gasteiger partial charge in [0, 0.05) is 16.9 Å². The van der Waals surface area contributed by atoms with E-state index in [1.165, 1.54) is 27.8 Å². The first-order valence-electron chi connectivity index (χ1n) is 9.84. The molecule has 2 heteroatoms. The van der Waals surface area contributed by atoms with Gasteiger partial charge in [-0.1, -0.05) is 48.9 Å². The van der Waals surface area contributed by atoms with Crippen molar-refractivity contribution in [3.05, 3.63) is 70.8 Å². The van der Waals surface area contributed by atoms with Crippen LogP contribution in [-0.4, -0.2) is 11.1 Å². The quantitative estimate of drug-likeness (QED) is 0.779. The van der Waals surface area contributed by atoms with E-state index in [1.807, 2.05) is 12.1 Å². The van der Waals surface area contributed by atoms with Crippen LogP contribution in [0.3, 0.4) is 0 Å². The lowest BCUT2D eigenvalue weighted by Crippen LogP contribution is -2.60. The highest BCUT2D eigenvalue weighted by Gasteiger charge is 2.65. The normalized spacial score (nSPS) is 35.2. The molecule has 134 valence electrons. The van der Waals surface area contributed by atoms with Gasteiger partial charge < -0.3 is 10.8 Å². The molecule has 0 aliphatic heterocycles. The molecular weight excluding hydrogens is 318 g/mol. The summed E-state index contributed by atoms with van der Waals surface area (Å²) in [5.41, 5.74) is 14.0. The van der Waals surface area contributed by atoms with Crippen molar-refractivity contribution in [2.75, 3.05) is 0 Å². The summed E-state index contributed by atoms with van der Waals surface area (Å²) >= 11 is 0. The fourth-order valence-corrected chi connectivity index (χ4v) is 6.68. The van der Waals surface area contributed by atoms with Crippen molar-refractivity contribution in [1.29, 1.82) is 0 Å². The molecule has 0 amide bonds. The first-order valence-corrected chi connectivity index (χ1v) is 9.84.